The van der Waals surface area contributed by atoms with E-state index in [2.05, 4.69) is 19.1 Å². The van der Waals surface area contributed by atoms with Crippen LogP contribution in [0.2, 0.25) is 0 Å². The van der Waals surface area contributed by atoms with Gasteiger partial charge in [0.2, 0.25) is 0 Å². The molecule has 210 valence electrons. The third-order valence-electron chi connectivity index (χ3n) is 7.46. The van der Waals surface area contributed by atoms with Crippen LogP contribution in [0.15, 0.2) is 12.2 Å². The van der Waals surface area contributed by atoms with Crippen LogP contribution < -0.4 is 5.11 Å². The van der Waals surface area contributed by atoms with Crippen molar-refractivity contribution in [2.24, 2.45) is 17.8 Å². The molecule has 0 aromatic rings. The molecule has 0 spiro atoms. The Bertz CT molecular complexity index is 588. The van der Waals surface area contributed by atoms with Gasteiger partial charge in [0.05, 0.1) is 32.1 Å². The number of hydrogen-bond acceptors (Lipinski definition) is 4. The number of quaternary nitrogens is 1. The molecule has 0 bridgehead atoms. The standard InChI is InChI=1S/C29H53NO6/c1-5-9-10-11-12-13-14-15-16-17-18-19-20-30(21-24(6-2)27(31)32,22-25(7-3)28(33)34)23-26(8-4)29(35)36/h10-11,24-26H,5-9,12-23H2,1-4H3,(H2-,31,32,33,34,35,36)/b11-10+. The van der Waals surface area contributed by atoms with Crippen LogP contribution in [0.3, 0.4) is 0 Å². The lowest BCUT2D eigenvalue weighted by molar-refractivity contribution is -0.935. The number of allylic oxidation sites excluding steroid dienone is 2. The lowest BCUT2D eigenvalue weighted by Gasteiger charge is -2.44. The molecule has 0 fully saturated rings. The first-order chi connectivity index (χ1) is 17.2. The number of rotatable bonds is 24. The minimum atomic E-state index is -1.14. The largest absolute Gasteiger partial charge is 0.550 e. The zero-order valence-corrected chi connectivity index (χ0v) is 23.4. The highest BCUT2D eigenvalue weighted by Crippen LogP contribution is 2.25. The molecule has 7 nitrogen and oxygen atoms in total. The third-order valence-corrected chi connectivity index (χ3v) is 7.46. The van der Waals surface area contributed by atoms with E-state index in [1.807, 2.05) is 13.8 Å². The predicted octanol–water partition coefficient (Wildman–Crippen LogP) is 5.28. The first kappa shape index (κ1) is 34.1. The predicted molar refractivity (Wildman–Crippen MR) is 142 cm³/mol. The number of aliphatic carboxylic acids is 3. The van der Waals surface area contributed by atoms with E-state index >= 15 is 0 Å². The Balaban J connectivity index is 5.24. The molecule has 36 heavy (non-hydrogen) atoms. The molecule has 0 saturated heterocycles. The third kappa shape index (κ3) is 14.6. The van der Waals surface area contributed by atoms with Crippen molar-refractivity contribution < 1.29 is 34.2 Å². The van der Waals surface area contributed by atoms with Gasteiger partial charge in [-0.2, -0.15) is 0 Å². The maximum Gasteiger partial charge on any atom is 0.312 e. The fourth-order valence-corrected chi connectivity index (χ4v) is 5.03. The minimum absolute atomic E-state index is 0.214. The van der Waals surface area contributed by atoms with Crippen molar-refractivity contribution in [1.82, 2.24) is 0 Å². The second-order valence-corrected chi connectivity index (χ2v) is 10.4. The summed E-state index contributed by atoms with van der Waals surface area (Å²) in [6.07, 6.45) is 16.9. The number of carbonyl (C=O) groups is 3. The number of carbonyl (C=O) groups excluding carboxylic acids is 1. The molecule has 7 heteroatoms. The second kappa shape index (κ2) is 20.2. The lowest BCUT2D eigenvalue weighted by Crippen LogP contribution is -2.59. The van der Waals surface area contributed by atoms with Crippen molar-refractivity contribution in [3.05, 3.63) is 12.2 Å². The zero-order valence-electron chi connectivity index (χ0n) is 23.4. The van der Waals surface area contributed by atoms with E-state index in [0.717, 1.165) is 38.5 Å². The fraction of sp³-hybridized carbons (Fsp3) is 0.828. The van der Waals surface area contributed by atoms with E-state index in [0.29, 0.717) is 25.8 Å². The van der Waals surface area contributed by atoms with Gasteiger partial charge in [-0.3, -0.25) is 9.59 Å². The monoisotopic (exact) mass is 511 g/mol. The molecule has 0 saturated carbocycles. The summed E-state index contributed by atoms with van der Waals surface area (Å²) in [5, 5.41) is 31.3. The van der Waals surface area contributed by atoms with E-state index in [9.17, 15) is 29.7 Å². The van der Waals surface area contributed by atoms with Crippen LogP contribution in [0.25, 0.3) is 0 Å². The quantitative estimate of drug-likeness (QED) is 0.104. The summed E-state index contributed by atoms with van der Waals surface area (Å²) in [6.45, 7) is 8.93. The van der Waals surface area contributed by atoms with E-state index < -0.39 is 35.7 Å². The Hall–Kier alpha value is -1.89. The lowest BCUT2D eigenvalue weighted by atomic mass is 9.95. The van der Waals surface area contributed by atoms with Crippen molar-refractivity contribution in [3.8, 4) is 0 Å². The van der Waals surface area contributed by atoms with Gasteiger partial charge >= 0.3 is 11.9 Å². The van der Waals surface area contributed by atoms with Crippen LogP contribution in [0.4, 0.5) is 0 Å². The Morgan fingerprint density at radius 1 is 0.667 bits per heavy atom. The summed E-state index contributed by atoms with van der Waals surface area (Å²) in [5.41, 5.74) is 0. The number of carboxylic acid groups (broad SMARTS) is 3. The summed E-state index contributed by atoms with van der Waals surface area (Å²) < 4.78 is 0.214. The molecule has 2 N–H and O–H groups in total. The van der Waals surface area contributed by atoms with Crippen molar-refractivity contribution >= 4 is 17.9 Å². The van der Waals surface area contributed by atoms with Crippen molar-refractivity contribution in [3.63, 3.8) is 0 Å². The first-order valence-electron chi connectivity index (χ1n) is 14.3. The summed E-state index contributed by atoms with van der Waals surface area (Å²) in [5.74, 6) is -4.96. The van der Waals surface area contributed by atoms with Crippen LogP contribution in [0.5, 0.6) is 0 Å². The van der Waals surface area contributed by atoms with Crippen LogP contribution in [0.1, 0.15) is 111 Å². The summed E-state index contributed by atoms with van der Waals surface area (Å²) >= 11 is 0. The molecule has 0 heterocycles. The molecule has 0 aliphatic heterocycles. The van der Waals surface area contributed by atoms with Crippen LogP contribution >= 0.6 is 0 Å². The van der Waals surface area contributed by atoms with Crippen LogP contribution in [-0.4, -0.2) is 58.8 Å². The van der Waals surface area contributed by atoms with Crippen LogP contribution in [0, 0.1) is 17.8 Å². The van der Waals surface area contributed by atoms with E-state index in [4.69, 9.17) is 0 Å². The Labute approximate surface area is 219 Å². The Kier molecular flexibility index (Phi) is 19.1. The van der Waals surface area contributed by atoms with Crippen molar-refractivity contribution in [2.75, 3.05) is 26.2 Å². The molecule has 3 atom stereocenters. The van der Waals surface area contributed by atoms with Crippen molar-refractivity contribution in [2.45, 2.75) is 111 Å². The highest BCUT2D eigenvalue weighted by molar-refractivity contribution is 5.70. The second-order valence-electron chi connectivity index (χ2n) is 10.4. The van der Waals surface area contributed by atoms with Crippen molar-refractivity contribution in [1.29, 1.82) is 0 Å². The smallest absolute Gasteiger partial charge is 0.312 e. The Morgan fingerprint density at radius 2 is 1.08 bits per heavy atom. The number of nitrogens with zero attached hydrogens (tertiary/aromatic N) is 1. The van der Waals surface area contributed by atoms with Gasteiger partial charge in [0.15, 0.2) is 0 Å². The van der Waals surface area contributed by atoms with Gasteiger partial charge < -0.3 is 24.6 Å². The van der Waals surface area contributed by atoms with Gasteiger partial charge in [-0.15, -0.1) is 0 Å². The maximum atomic E-state index is 11.9. The molecular formula is C29H53NO6. The highest BCUT2D eigenvalue weighted by atomic mass is 16.4. The van der Waals surface area contributed by atoms with Gasteiger partial charge in [0.25, 0.3) is 0 Å². The normalized spacial score (nSPS) is 15.9. The fourth-order valence-electron chi connectivity index (χ4n) is 5.03. The maximum absolute atomic E-state index is 11.9. The first-order valence-corrected chi connectivity index (χ1v) is 14.3. The molecule has 0 aliphatic carbocycles. The topological polar surface area (TPSA) is 115 Å². The highest BCUT2D eigenvalue weighted by Gasteiger charge is 2.39. The number of unbranched alkanes of at least 4 members (excludes halogenated alkanes) is 8. The Morgan fingerprint density at radius 3 is 1.50 bits per heavy atom. The van der Waals surface area contributed by atoms with Gasteiger partial charge in [-0.25, -0.2) is 0 Å². The molecule has 0 amide bonds. The molecule has 0 rings (SSSR count). The molecular weight excluding hydrogens is 458 g/mol. The van der Waals surface area contributed by atoms with Gasteiger partial charge in [-0.1, -0.05) is 72.0 Å². The van der Waals surface area contributed by atoms with Crippen LogP contribution in [-0.2, 0) is 14.4 Å². The molecule has 3 unspecified atom stereocenters. The molecule has 0 radical (unpaired) electrons. The zero-order chi connectivity index (χ0) is 27.4. The van der Waals surface area contributed by atoms with E-state index in [1.165, 1.54) is 25.7 Å². The average molecular weight is 512 g/mol. The molecule has 0 aliphatic rings. The summed E-state index contributed by atoms with van der Waals surface area (Å²) in [6, 6.07) is 0. The molecule has 0 aromatic carbocycles. The minimum Gasteiger partial charge on any atom is -0.550 e. The van der Waals surface area contributed by atoms with Gasteiger partial charge in [0, 0.05) is 5.92 Å². The van der Waals surface area contributed by atoms with E-state index in [-0.39, 0.29) is 24.1 Å². The molecule has 0 aromatic heterocycles. The van der Waals surface area contributed by atoms with Gasteiger partial charge in [-0.05, 0) is 51.4 Å². The SMILES string of the molecule is CCC/C=C/CCCCCCCCC[N+](CC(CC)C(=O)[O-])(CC(CC)C(=O)O)CC(CC)C(=O)O. The number of hydrogen-bond donors (Lipinski definition) is 2. The average Bonchev–Trinajstić information content (AvgIpc) is 2.84. The van der Waals surface area contributed by atoms with E-state index in [1.54, 1.807) is 6.92 Å². The summed E-state index contributed by atoms with van der Waals surface area (Å²) in [4.78, 5) is 35.6. The summed E-state index contributed by atoms with van der Waals surface area (Å²) in [7, 11) is 0. The van der Waals surface area contributed by atoms with Gasteiger partial charge in [0.1, 0.15) is 11.8 Å². The number of carboxylic acids is 3.